The highest BCUT2D eigenvalue weighted by Gasteiger charge is 2.21. The molecule has 168 valence electrons. The van der Waals surface area contributed by atoms with Gasteiger partial charge in [0.05, 0.1) is 22.7 Å². The van der Waals surface area contributed by atoms with Crippen LogP contribution in [0.5, 0.6) is 11.5 Å². The number of anilines is 2. The number of rotatable bonds is 9. The lowest BCUT2D eigenvalue weighted by atomic mass is 10.2. The molecule has 0 unspecified atom stereocenters. The number of nitrogens with one attached hydrogen (secondary N) is 2. The van der Waals surface area contributed by atoms with E-state index in [0.717, 1.165) is 0 Å². The van der Waals surface area contributed by atoms with Gasteiger partial charge in [0.1, 0.15) is 0 Å². The number of hydrogen-bond donors (Lipinski definition) is 2. The van der Waals surface area contributed by atoms with Gasteiger partial charge >= 0.3 is 0 Å². The van der Waals surface area contributed by atoms with Crippen LogP contribution in [0.15, 0.2) is 77.7 Å². The highest BCUT2D eigenvalue weighted by Crippen LogP contribution is 2.28. The van der Waals surface area contributed by atoms with Crippen molar-refractivity contribution in [1.29, 1.82) is 0 Å². The van der Waals surface area contributed by atoms with Crippen LogP contribution in [0.3, 0.4) is 0 Å². The first-order valence-corrected chi connectivity index (χ1v) is 11.7. The van der Waals surface area contributed by atoms with Crippen LogP contribution < -0.4 is 19.5 Å². The van der Waals surface area contributed by atoms with Crippen molar-refractivity contribution in [2.75, 3.05) is 17.1 Å². The molecular formula is C23H23ClN2O5S. The molecule has 0 saturated heterocycles. The second-order valence-corrected chi connectivity index (χ2v) is 8.85. The molecule has 0 aliphatic carbocycles. The Bertz CT molecular complexity index is 1180. The maximum absolute atomic E-state index is 12.7. The third-order valence-corrected chi connectivity index (χ3v) is 6.26. The van der Waals surface area contributed by atoms with Crippen molar-refractivity contribution in [2.45, 2.75) is 24.3 Å². The second kappa shape index (κ2) is 10.4. The van der Waals surface area contributed by atoms with E-state index in [1.54, 1.807) is 42.5 Å². The van der Waals surface area contributed by atoms with E-state index >= 15 is 0 Å². The maximum Gasteiger partial charge on any atom is 0.265 e. The Labute approximate surface area is 192 Å². The molecule has 0 spiro atoms. The number of benzene rings is 3. The molecule has 9 heteroatoms. The zero-order valence-electron chi connectivity index (χ0n) is 17.5. The minimum atomic E-state index is -3.84. The highest BCUT2D eigenvalue weighted by molar-refractivity contribution is 7.92. The van der Waals surface area contributed by atoms with Gasteiger partial charge in [-0.25, -0.2) is 8.42 Å². The predicted octanol–water partition coefficient (Wildman–Crippen LogP) is 4.95. The number of carbonyl (C=O) groups excluding carboxylic acids is 1. The summed E-state index contributed by atoms with van der Waals surface area (Å²) in [5.41, 5.74) is 0.722. The fourth-order valence-electron chi connectivity index (χ4n) is 2.88. The minimum Gasteiger partial charge on any atom is -0.493 e. The van der Waals surface area contributed by atoms with Gasteiger partial charge in [0.15, 0.2) is 17.6 Å². The Morgan fingerprint density at radius 1 is 0.969 bits per heavy atom. The first-order valence-electron chi connectivity index (χ1n) is 9.82. The predicted molar refractivity (Wildman–Crippen MR) is 125 cm³/mol. The van der Waals surface area contributed by atoms with E-state index < -0.39 is 16.1 Å². The molecule has 1 amide bonds. The lowest BCUT2D eigenvalue weighted by molar-refractivity contribution is -0.122. The number of methoxy groups -OCH3 is 1. The van der Waals surface area contributed by atoms with Crippen molar-refractivity contribution in [3.63, 3.8) is 0 Å². The summed E-state index contributed by atoms with van der Waals surface area (Å²) in [5, 5.41) is 3.04. The van der Waals surface area contributed by atoms with E-state index in [4.69, 9.17) is 21.1 Å². The number of ether oxygens (including phenoxy) is 2. The van der Waals surface area contributed by atoms with Crippen LogP contribution in [0, 0.1) is 0 Å². The van der Waals surface area contributed by atoms with Crippen LogP contribution >= 0.6 is 11.6 Å². The lowest BCUT2D eigenvalue weighted by Gasteiger charge is -2.19. The molecule has 1 atom stereocenters. The molecule has 2 N–H and O–H groups in total. The van der Waals surface area contributed by atoms with Gasteiger partial charge < -0.3 is 14.8 Å². The molecule has 0 aliphatic rings. The third-order valence-electron chi connectivity index (χ3n) is 4.55. The quantitative estimate of drug-likeness (QED) is 0.458. The smallest absolute Gasteiger partial charge is 0.265 e. The molecule has 0 aliphatic heterocycles. The van der Waals surface area contributed by atoms with E-state index in [2.05, 4.69) is 10.0 Å². The highest BCUT2D eigenvalue weighted by atomic mass is 35.5. The molecule has 0 heterocycles. The van der Waals surface area contributed by atoms with E-state index in [1.807, 2.05) is 13.0 Å². The maximum atomic E-state index is 12.7. The average Bonchev–Trinajstić information content (AvgIpc) is 2.79. The van der Waals surface area contributed by atoms with Crippen LogP contribution in [0.4, 0.5) is 11.4 Å². The number of halogens is 1. The SMILES string of the molecule is CC[C@H](Oc1ccccc1OC)C(=O)Nc1ccc(S(=O)(=O)Nc2ccccc2Cl)cc1. The number of carbonyl (C=O) groups is 1. The molecule has 0 fully saturated rings. The summed E-state index contributed by atoms with van der Waals surface area (Å²) in [6.07, 6.45) is -0.324. The number of para-hydroxylation sites is 3. The first-order chi connectivity index (χ1) is 15.3. The molecule has 32 heavy (non-hydrogen) atoms. The van der Waals surface area contributed by atoms with E-state index in [9.17, 15) is 13.2 Å². The monoisotopic (exact) mass is 474 g/mol. The topological polar surface area (TPSA) is 93.7 Å². The Kier molecular flexibility index (Phi) is 7.61. The summed E-state index contributed by atoms with van der Waals surface area (Å²) >= 11 is 6.03. The largest absolute Gasteiger partial charge is 0.493 e. The molecule has 0 aromatic heterocycles. The minimum absolute atomic E-state index is 0.0349. The summed E-state index contributed by atoms with van der Waals surface area (Å²) in [6, 6.07) is 19.4. The van der Waals surface area contributed by atoms with Crippen LogP contribution in [-0.2, 0) is 14.8 Å². The standard InChI is InChI=1S/C23H23ClN2O5S/c1-3-20(31-22-11-7-6-10-21(22)30-2)23(27)25-16-12-14-17(15-13-16)32(28,29)26-19-9-5-4-8-18(19)24/h4-15,20,26H,3H2,1-2H3,(H,25,27)/t20-/m0/s1. The van der Waals surface area contributed by atoms with Crippen molar-refractivity contribution < 1.29 is 22.7 Å². The summed E-state index contributed by atoms with van der Waals surface area (Å²) < 4.78 is 38.8. The first kappa shape index (κ1) is 23.4. The Hall–Kier alpha value is -3.23. The fourth-order valence-corrected chi connectivity index (χ4v) is 4.20. The van der Waals surface area contributed by atoms with Gasteiger partial charge in [0.25, 0.3) is 15.9 Å². The van der Waals surface area contributed by atoms with Crippen molar-refractivity contribution in [2.24, 2.45) is 0 Å². The molecular weight excluding hydrogens is 452 g/mol. The summed E-state index contributed by atoms with van der Waals surface area (Å²) in [5.74, 6) is 0.631. The molecule has 3 aromatic rings. The lowest BCUT2D eigenvalue weighted by Crippen LogP contribution is -2.32. The number of hydrogen-bond acceptors (Lipinski definition) is 5. The summed E-state index contributed by atoms with van der Waals surface area (Å²) in [7, 11) is -2.31. The average molecular weight is 475 g/mol. The van der Waals surface area contributed by atoms with Gasteiger partial charge in [-0.2, -0.15) is 0 Å². The van der Waals surface area contributed by atoms with Gasteiger partial charge in [0, 0.05) is 5.69 Å². The molecule has 7 nitrogen and oxygen atoms in total. The molecule has 0 saturated carbocycles. The van der Waals surface area contributed by atoms with Crippen molar-refractivity contribution in [3.8, 4) is 11.5 Å². The van der Waals surface area contributed by atoms with Crippen LogP contribution in [0.25, 0.3) is 0 Å². The van der Waals surface area contributed by atoms with Gasteiger partial charge in [-0.1, -0.05) is 42.8 Å². The van der Waals surface area contributed by atoms with Gasteiger partial charge in [0.2, 0.25) is 0 Å². The van der Waals surface area contributed by atoms with Gasteiger partial charge in [-0.05, 0) is 55.0 Å². The molecule has 0 bridgehead atoms. The van der Waals surface area contributed by atoms with Gasteiger partial charge in [-0.15, -0.1) is 0 Å². The second-order valence-electron chi connectivity index (χ2n) is 6.76. The van der Waals surface area contributed by atoms with Crippen molar-refractivity contribution in [1.82, 2.24) is 0 Å². The van der Waals surface area contributed by atoms with E-state index in [-0.39, 0.29) is 16.5 Å². The fraction of sp³-hybridized carbons (Fsp3) is 0.174. The van der Waals surface area contributed by atoms with Crippen LogP contribution in [0.2, 0.25) is 5.02 Å². The van der Waals surface area contributed by atoms with Crippen LogP contribution in [-0.4, -0.2) is 27.5 Å². The van der Waals surface area contributed by atoms with Crippen molar-refractivity contribution >= 4 is 38.9 Å². The Morgan fingerprint density at radius 3 is 2.22 bits per heavy atom. The number of sulfonamides is 1. The zero-order valence-corrected chi connectivity index (χ0v) is 19.1. The number of amides is 1. The third kappa shape index (κ3) is 5.72. The summed E-state index contributed by atoms with van der Waals surface area (Å²) in [4.78, 5) is 12.7. The zero-order chi connectivity index (χ0) is 23.1. The van der Waals surface area contributed by atoms with E-state index in [0.29, 0.717) is 28.6 Å². The van der Waals surface area contributed by atoms with Crippen LogP contribution in [0.1, 0.15) is 13.3 Å². The Balaban J connectivity index is 1.69. The molecule has 3 rings (SSSR count). The van der Waals surface area contributed by atoms with Gasteiger partial charge in [-0.3, -0.25) is 9.52 Å². The molecule has 3 aromatic carbocycles. The van der Waals surface area contributed by atoms with E-state index in [1.165, 1.54) is 31.4 Å². The summed E-state index contributed by atoms with van der Waals surface area (Å²) in [6.45, 7) is 1.83. The Morgan fingerprint density at radius 2 is 1.59 bits per heavy atom. The molecule has 0 radical (unpaired) electrons. The normalized spacial score (nSPS) is 12.0. The van der Waals surface area contributed by atoms with Crippen molar-refractivity contribution in [3.05, 3.63) is 77.8 Å².